The van der Waals surface area contributed by atoms with E-state index in [1.165, 1.54) is 12.3 Å². The molecular formula is C8H8BNO3. The van der Waals surface area contributed by atoms with Crippen LogP contribution in [0.25, 0.3) is 0 Å². The first-order valence-corrected chi connectivity index (χ1v) is 3.76. The van der Waals surface area contributed by atoms with Gasteiger partial charge >= 0.3 is 5.97 Å². The molecule has 1 heterocycles. The zero-order chi connectivity index (χ0) is 9.84. The number of carbonyl (C=O) groups is 1. The van der Waals surface area contributed by atoms with Crippen molar-refractivity contribution in [2.24, 2.45) is 0 Å². The van der Waals surface area contributed by atoms with Crippen molar-refractivity contribution in [1.29, 1.82) is 0 Å². The molecule has 1 N–H and O–H groups in total. The smallest absolute Gasteiger partial charge is 0.337 e. The number of carboxylic acid groups (broad SMARTS) is 1. The average Bonchev–Trinajstić information content (AvgIpc) is 2.08. The van der Waals surface area contributed by atoms with E-state index in [9.17, 15) is 4.79 Å². The van der Waals surface area contributed by atoms with Crippen molar-refractivity contribution < 1.29 is 14.6 Å². The molecule has 0 saturated carbocycles. The first-order valence-electron chi connectivity index (χ1n) is 3.76. The highest BCUT2D eigenvalue weighted by Crippen LogP contribution is 2.03. The Balaban J connectivity index is 2.98. The monoisotopic (exact) mass is 177 g/mol. The average molecular weight is 177 g/mol. The van der Waals surface area contributed by atoms with Gasteiger partial charge in [0.05, 0.1) is 12.2 Å². The van der Waals surface area contributed by atoms with Gasteiger partial charge in [-0.25, -0.2) is 9.78 Å². The Morgan fingerprint density at radius 2 is 2.46 bits per heavy atom. The Kier molecular flexibility index (Phi) is 2.90. The highest BCUT2D eigenvalue weighted by atomic mass is 16.5. The van der Waals surface area contributed by atoms with Crippen LogP contribution in [-0.2, 0) is 0 Å². The highest BCUT2D eigenvalue weighted by Gasteiger charge is 2.06. The summed E-state index contributed by atoms with van der Waals surface area (Å²) in [5.74, 6) is -0.783. The molecule has 0 spiro atoms. The summed E-state index contributed by atoms with van der Waals surface area (Å²) in [5, 5.41) is 8.59. The summed E-state index contributed by atoms with van der Waals surface area (Å²) in [6.07, 6.45) is 1.21. The van der Waals surface area contributed by atoms with Gasteiger partial charge in [0.1, 0.15) is 7.85 Å². The molecule has 1 rings (SSSR count). The van der Waals surface area contributed by atoms with Gasteiger partial charge < -0.3 is 9.84 Å². The minimum atomic E-state index is -1.05. The maximum atomic E-state index is 10.5. The molecule has 0 aliphatic carbocycles. The second kappa shape index (κ2) is 3.93. The van der Waals surface area contributed by atoms with Gasteiger partial charge in [-0.15, -0.1) is 0 Å². The van der Waals surface area contributed by atoms with Crippen molar-refractivity contribution in [3.8, 4) is 5.88 Å². The second-order valence-corrected chi connectivity index (χ2v) is 2.36. The zero-order valence-corrected chi connectivity index (χ0v) is 7.15. The van der Waals surface area contributed by atoms with Crippen LogP contribution in [0.5, 0.6) is 5.88 Å². The van der Waals surface area contributed by atoms with Crippen LogP contribution >= 0.6 is 0 Å². The van der Waals surface area contributed by atoms with E-state index in [1.54, 1.807) is 6.92 Å². The summed E-state index contributed by atoms with van der Waals surface area (Å²) in [4.78, 5) is 14.2. The summed E-state index contributed by atoms with van der Waals surface area (Å²) in [6, 6.07) is 1.32. The number of aromatic carboxylic acids is 1. The van der Waals surface area contributed by atoms with E-state index < -0.39 is 5.97 Å². The minimum absolute atomic E-state index is 0.0564. The summed E-state index contributed by atoms with van der Waals surface area (Å²) < 4.78 is 5.04. The van der Waals surface area contributed by atoms with Crippen molar-refractivity contribution in [2.75, 3.05) is 6.61 Å². The van der Waals surface area contributed by atoms with Gasteiger partial charge in [0.2, 0.25) is 5.88 Å². The Bertz CT molecular complexity index is 327. The molecule has 1 aromatic heterocycles. The number of rotatable bonds is 3. The summed E-state index contributed by atoms with van der Waals surface area (Å²) >= 11 is 0. The third-order valence-electron chi connectivity index (χ3n) is 1.41. The number of hydrogen-bond donors (Lipinski definition) is 1. The Hall–Kier alpha value is -1.52. The Morgan fingerprint density at radius 1 is 1.77 bits per heavy atom. The number of ether oxygens (including phenoxy) is 1. The molecule has 0 unspecified atom stereocenters. The molecule has 0 atom stereocenters. The molecule has 4 nitrogen and oxygen atoms in total. The largest absolute Gasteiger partial charge is 0.478 e. The lowest BCUT2D eigenvalue weighted by Crippen LogP contribution is -2.14. The first kappa shape index (κ1) is 9.57. The predicted octanol–water partition coefficient (Wildman–Crippen LogP) is -0.0277. The second-order valence-electron chi connectivity index (χ2n) is 2.36. The molecule has 0 amide bonds. The number of carboxylic acids is 1. The SMILES string of the molecule is [B]c1cc(C(=O)O)cnc1OCC. The normalized spacial score (nSPS) is 9.62. The fraction of sp³-hybridized carbons (Fsp3) is 0.250. The molecule has 5 heteroatoms. The van der Waals surface area contributed by atoms with E-state index in [1.807, 2.05) is 0 Å². The molecule has 0 bridgehead atoms. The van der Waals surface area contributed by atoms with Crippen LogP contribution in [0.2, 0.25) is 0 Å². The van der Waals surface area contributed by atoms with E-state index in [4.69, 9.17) is 17.7 Å². The molecule has 0 saturated heterocycles. The summed E-state index contributed by atoms with van der Waals surface area (Å²) in [6.45, 7) is 2.25. The van der Waals surface area contributed by atoms with Gasteiger partial charge in [0.15, 0.2) is 0 Å². The lowest BCUT2D eigenvalue weighted by molar-refractivity contribution is 0.0696. The molecule has 1 aromatic rings. The summed E-state index contributed by atoms with van der Waals surface area (Å²) in [7, 11) is 5.49. The van der Waals surface area contributed by atoms with E-state index in [0.29, 0.717) is 6.61 Å². The van der Waals surface area contributed by atoms with Gasteiger partial charge in [0.25, 0.3) is 0 Å². The van der Waals surface area contributed by atoms with Crippen LogP contribution in [0.15, 0.2) is 12.3 Å². The van der Waals surface area contributed by atoms with Crippen LogP contribution in [-0.4, -0.2) is 30.5 Å². The van der Waals surface area contributed by atoms with Crippen molar-refractivity contribution in [1.82, 2.24) is 4.98 Å². The van der Waals surface area contributed by atoms with E-state index in [0.717, 1.165) is 0 Å². The molecule has 0 aliphatic heterocycles. The van der Waals surface area contributed by atoms with Crippen molar-refractivity contribution >= 4 is 19.3 Å². The zero-order valence-electron chi connectivity index (χ0n) is 7.15. The van der Waals surface area contributed by atoms with Crippen molar-refractivity contribution in [3.63, 3.8) is 0 Å². The standard InChI is InChI=1S/C8H8BNO3/c1-2-13-7-6(9)3-5(4-10-7)8(11)12/h3-4H,2H2,1H3,(H,11,12). The predicted molar refractivity (Wildman–Crippen MR) is 47.8 cm³/mol. The minimum Gasteiger partial charge on any atom is -0.478 e. The number of pyridine rings is 1. The van der Waals surface area contributed by atoms with Crippen molar-refractivity contribution in [2.45, 2.75) is 6.92 Å². The van der Waals surface area contributed by atoms with E-state index >= 15 is 0 Å². The molecule has 66 valence electrons. The van der Waals surface area contributed by atoms with Crippen LogP contribution < -0.4 is 10.2 Å². The fourth-order valence-corrected chi connectivity index (χ4v) is 0.844. The maximum absolute atomic E-state index is 10.5. The Labute approximate surface area is 77.0 Å². The molecular weight excluding hydrogens is 169 g/mol. The van der Waals surface area contributed by atoms with Crippen LogP contribution in [0.3, 0.4) is 0 Å². The van der Waals surface area contributed by atoms with Gasteiger partial charge in [0, 0.05) is 6.20 Å². The van der Waals surface area contributed by atoms with E-state index in [-0.39, 0.29) is 16.9 Å². The van der Waals surface area contributed by atoms with Crippen LogP contribution in [0, 0.1) is 0 Å². The number of aromatic nitrogens is 1. The van der Waals surface area contributed by atoms with Crippen LogP contribution in [0.1, 0.15) is 17.3 Å². The highest BCUT2D eigenvalue weighted by molar-refractivity contribution is 6.34. The van der Waals surface area contributed by atoms with Gasteiger partial charge in [-0.05, 0) is 18.5 Å². The quantitative estimate of drug-likeness (QED) is 0.658. The first-order chi connectivity index (χ1) is 6.15. The fourth-order valence-electron chi connectivity index (χ4n) is 0.844. The maximum Gasteiger partial charge on any atom is 0.337 e. The molecule has 13 heavy (non-hydrogen) atoms. The van der Waals surface area contributed by atoms with Crippen LogP contribution in [0.4, 0.5) is 0 Å². The third-order valence-corrected chi connectivity index (χ3v) is 1.41. The lowest BCUT2D eigenvalue weighted by atomic mass is 9.96. The summed E-state index contributed by atoms with van der Waals surface area (Å²) in [5.41, 5.74) is 0.294. The number of nitrogens with zero attached hydrogens (tertiary/aromatic N) is 1. The lowest BCUT2D eigenvalue weighted by Gasteiger charge is -2.05. The van der Waals surface area contributed by atoms with E-state index in [2.05, 4.69) is 4.98 Å². The van der Waals surface area contributed by atoms with Gasteiger partial charge in [-0.1, -0.05) is 0 Å². The van der Waals surface area contributed by atoms with Gasteiger partial charge in [-0.3, -0.25) is 0 Å². The molecule has 0 aliphatic rings. The topological polar surface area (TPSA) is 59.4 Å². The number of hydrogen-bond acceptors (Lipinski definition) is 3. The third kappa shape index (κ3) is 2.21. The van der Waals surface area contributed by atoms with Crippen molar-refractivity contribution in [3.05, 3.63) is 17.8 Å². The van der Waals surface area contributed by atoms with Gasteiger partial charge in [-0.2, -0.15) is 0 Å². The molecule has 0 aromatic carbocycles. The molecule has 0 fully saturated rings. The Morgan fingerprint density at radius 3 is 2.92 bits per heavy atom. The molecule has 2 radical (unpaired) electrons.